The van der Waals surface area contributed by atoms with Gasteiger partial charge in [-0.05, 0) is 64.7 Å². The summed E-state index contributed by atoms with van der Waals surface area (Å²) in [5, 5.41) is 2.90. The molecule has 126 valence electrons. The molecule has 0 heterocycles. The van der Waals surface area contributed by atoms with Crippen LogP contribution in [0.4, 0.5) is 4.79 Å². The molecular formula is C20H22BrNO2. The van der Waals surface area contributed by atoms with Gasteiger partial charge >= 0.3 is 6.09 Å². The van der Waals surface area contributed by atoms with E-state index in [0.717, 1.165) is 15.6 Å². The van der Waals surface area contributed by atoms with Crippen molar-refractivity contribution in [1.82, 2.24) is 5.32 Å². The maximum atomic E-state index is 12.4. The molecule has 1 amide bonds. The van der Waals surface area contributed by atoms with Crippen LogP contribution >= 0.6 is 15.9 Å². The van der Waals surface area contributed by atoms with Crippen LogP contribution in [0.1, 0.15) is 49.8 Å². The highest BCUT2D eigenvalue weighted by Crippen LogP contribution is 2.46. The summed E-state index contributed by atoms with van der Waals surface area (Å²) in [4.78, 5) is 12.4. The number of ether oxygens (including phenoxy) is 1. The Morgan fingerprint density at radius 3 is 2.50 bits per heavy atom. The highest BCUT2D eigenvalue weighted by atomic mass is 79.9. The zero-order valence-electron chi connectivity index (χ0n) is 14.0. The summed E-state index contributed by atoms with van der Waals surface area (Å²) in [5.41, 5.74) is 2.14. The van der Waals surface area contributed by atoms with Crippen molar-refractivity contribution in [1.29, 1.82) is 0 Å². The largest absolute Gasteiger partial charge is 0.413 e. The second-order valence-electron chi connectivity index (χ2n) is 6.45. The van der Waals surface area contributed by atoms with Crippen molar-refractivity contribution in [3.8, 4) is 5.75 Å². The van der Waals surface area contributed by atoms with Gasteiger partial charge in [-0.25, -0.2) is 4.79 Å². The number of para-hydroxylation sites is 1. The van der Waals surface area contributed by atoms with E-state index >= 15 is 0 Å². The molecule has 0 aliphatic heterocycles. The fraction of sp³-hybridized carbons (Fsp3) is 0.350. The maximum absolute atomic E-state index is 12.4. The summed E-state index contributed by atoms with van der Waals surface area (Å²) in [6.07, 6.45) is 2.08. The average Bonchev–Trinajstić information content (AvgIpc) is 3.42. The number of hydrogen-bond donors (Lipinski definition) is 1. The Balaban J connectivity index is 1.72. The molecule has 1 N–H and O–H groups in total. The quantitative estimate of drug-likeness (QED) is 0.702. The molecule has 0 bridgehead atoms. The van der Waals surface area contributed by atoms with Crippen molar-refractivity contribution in [2.45, 2.75) is 38.6 Å². The number of hydrogen-bond acceptors (Lipinski definition) is 2. The van der Waals surface area contributed by atoms with Crippen LogP contribution in [0.25, 0.3) is 0 Å². The summed E-state index contributed by atoms with van der Waals surface area (Å²) in [7, 11) is 0. The Kier molecular flexibility index (Phi) is 5.24. The number of amides is 1. The van der Waals surface area contributed by atoms with Crippen LogP contribution in [0.15, 0.2) is 53.0 Å². The minimum absolute atomic E-state index is 0.106. The van der Waals surface area contributed by atoms with Crippen LogP contribution < -0.4 is 10.1 Å². The van der Waals surface area contributed by atoms with Gasteiger partial charge in [-0.3, -0.25) is 0 Å². The van der Waals surface area contributed by atoms with Gasteiger partial charge in [-0.2, -0.15) is 0 Å². The molecular weight excluding hydrogens is 366 g/mol. The van der Waals surface area contributed by atoms with Crippen LogP contribution in [-0.4, -0.2) is 6.09 Å². The van der Waals surface area contributed by atoms with Crippen LogP contribution in [0, 0.1) is 5.92 Å². The highest BCUT2D eigenvalue weighted by Gasteiger charge is 2.31. The molecule has 24 heavy (non-hydrogen) atoms. The standard InChI is InChI=1S/C20H22BrNO2/c1-13(15-11-12-15)17-9-6-10-18(21)19(17)24-20(23)22-14(2)16-7-4-3-5-8-16/h3-10,13-15H,11-12H2,1-2H3,(H,22,23)/t13-,14+/m1/s1. The molecule has 0 radical (unpaired) electrons. The minimum atomic E-state index is -0.428. The van der Waals surface area contributed by atoms with Crippen LogP contribution in [0.5, 0.6) is 5.75 Å². The predicted molar refractivity (Wildman–Crippen MR) is 99.3 cm³/mol. The summed E-state index contributed by atoms with van der Waals surface area (Å²) in [6, 6.07) is 15.7. The molecule has 1 saturated carbocycles. The monoisotopic (exact) mass is 387 g/mol. The molecule has 2 aromatic rings. The zero-order valence-corrected chi connectivity index (χ0v) is 15.5. The van der Waals surface area contributed by atoms with Crippen molar-refractivity contribution >= 4 is 22.0 Å². The van der Waals surface area contributed by atoms with E-state index in [1.807, 2.05) is 49.4 Å². The van der Waals surface area contributed by atoms with E-state index < -0.39 is 6.09 Å². The number of benzene rings is 2. The molecule has 0 saturated heterocycles. The van der Waals surface area contributed by atoms with Gasteiger partial charge in [0.2, 0.25) is 0 Å². The SMILES string of the molecule is C[C@H](NC(=O)Oc1c(Br)cccc1[C@H](C)C1CC1)c1ccccc1. The Labute approximate surface area is 151 Å². The Morgan fingerprint density at radius 1 is 1.12 bits per heavy atom. The lowest BCUT2D eigenvalue weighted by Crippen LogP contribution is -2.30. The molecule has 1 aliphatic rings. The fourth-order valence-electron chi connectivity index (χ4n) is 2.97. The summed E-state index contributed by atoms with van der Waals surface area (Å²) in [6.45, 7) is 4.15. The van der Waals surface area contributed by atoms with Crippen molar-refractivity contribution in [2.75, 3.05) is 0 Å². The van der Waals surface area contributed by atoms with E-state index in [9.17, 15) is 4.79 Å². The first kappa shape index (κ1) is 17.0. The van der Waals surface area contributed by atoms with Gasteiger partial charge in [-0.15, -0.1) is 0 Å². The van der Waals surface area contributed by atoms with E-state index in [-0.39, 0.29) is 6.04 Å². The van der Waals surface area contributed by atoms with Gasteiger partial charge < -0.3 is 10.1 Å². The molecule has 0 spiro atoms. The predicted octanol–water partition coefficient (Wildman–Crippen LogP) is 5.81. The summed E-state index contributed by atoms with van der Waals surface area (Å²) >= 11 is 3.52. The molecule has 2 aromatic carbocycles. The summed E-state index contributed by atoms with van der Waals surface area (Å²) in [5.74, 6) is 1.74. The maximum Gasteiger partial charge on any atom is 0.413 e. The first-order valence-electron chi connectivity index (χ1n) is 8.38. The van der Waals surface area contributed by atoms with Gasteiger partial charge in [0.15, 0.2) is 0 Å². The van der Waals surface area contributed by atoms with E-state index in [2.05, 4.69) is 34.2 Å². The zero-order chi connectivity index (χ0) is 17.1. The van der Waals surface area contributed by atoms with Crippen molar-refractivity contribution < 1.29 is 9.53 Å². The van der Waals surface area contributed by atoms with Crippen molar-refractivity contribution in [3.05, 3.63) is 64.1 Å². The lowest BCUT2D eigenvalue weighted by molar-refractivity contribution is 0.196. The molecule has 1 fully saturated rings. The third-order valence-corrected chi connectivity index (χ3v) is 5.27. The summed E-state index contributed by atoms with van der Waals surface area (Å²) < 4.78 is 6.49. The van der Waals surface area contributed by atoms with Gasteiger partial charge in [0.1, 0.15) is 5.75 Å². The lowest BCUT2D eigenvalue weighted by atomic mass is 9.95. The number of nitrogens with one attached hydrogen (secondary N) is 1. The van der Waals surface area contributed by atoms with Gasteiger partial charge in [0.05, 0.1) is 10.5 Å². The van der Waals surface area contributed by atoms with Gasteiger partial charge in [0, 0.05) is 0 Å². The van der Waals surface area contributed by atoms with E-state index in [4.69, 9.17) is 4.74 Å². The smallest absolute Gasteiger partial charge is 0.409 e. The normalized spacial score (nSPS) is 16.3. The fourth-order valence-corrected chi connectivity index (χ4v) is 3.43. The third-order valence-electron chi connectivity index (χ3n) is 4.65. The second-order valence-corrected chi connectivity index (χ2v) is 7.30. The van der Waals surface area contributed by atoms with Crippen LogP contribution in [0.2, 0.25) is 0 Å². The number of halogens is 1. The van der Waals surface area contributed by atoms with Crippen molar-refractivity contribution in [3.63, 3.8) is 0 Å². The Morgan fingerprint density at radius 2 is 1.83 bits per heavy atom. The molecule has 1 aliphatic carbocycles. The lowest BCUT2D eigenvalue weighted by Gasteiger charge is -2.19. The van der Waals surface area contributed by atoms with E-state index in [1.54, 1.807) is 0 Å². The molecule has 0 unspecified atom stereocenters. The topological polar surface area (TPSA) is 38.3 Å². The van der Waals surface area contributed by atoms with Gasteiger partial charge in [0.25, 0.3) is 0 Å². The molecule has 0 aromatic heterocycles. The first-order valence-corrected chi connectivity index (χ1v) is 9.17. The first-order chi connectivity index (χ1) is 11.6. The van der Waals surface area contributed by atoms with Crippen LogP contribution in [0.3, 0.4) is 0 Å². The molecule has 3 nitrogen and oxygen atoms in total. The molecule has 4 heteroatoms. The number of carbonyl (C=O) groups is 1. The van der Waals surface area contributed by atoms with E-state index in [1.165, 1.54) is 12.8 Å². The third kappa shape index (κ3) is 3.99. The van der Waals surface area contributed by atoms with Crippen LogP contribution in [-0.2, 0) is 0 Å². The Hall–Kier alpha value is -1.81. The number of rotatable bonds is 5. The minimum Gasteiger partial charge on any atom is -0.409 e. The van der Waals surface area contributed by atoms with E-state index in [0.29, 0.717) is 17.6 Å². The molecule has 3 rings (SSSR count). The van der Waals surface area contributed by atoms with Crippen molar-refractivity contribution in [2.24, 2.45) is 5.92 Å². The second kappa shape index (κ2) is 7.39. The van der Waals surface area contributed by atoms with Gasteiger partial charge in [-0.1, -0.05) is 49.4 Å². The average molecular weight is 388 g/mol. The molecule has 2 atom stereocenters. The number of carbonyl (C=O) groups excluding carboxylic acids is 1. The Bertz CT molecular complexity index is 713. The highest BCUT2D eigenvalue weighted by molar-refractivity contribution is 9.10.